The zero-order valence-corrected chi connectivity index (χ0v) is 9.20. The highest BCUT2D eigenvalue weighted by atomic mass is 32.1. The van der Waals surface area contributed by atoms with Gasteiger partial charge in [0.05, 0.1) is 12.2 Å². The smallest absolute Gasteiger partial charge is 0.271 e. The highest BCUT2D eigenvalue weighted by molar-refractivity contribution is 7.13. The monoisotopic (exact) mass is 234 g/mol. The number of thiazole rings is 1. The third-order valence-corrected chi connectivity index (χ3v) is 2.58. The molecule has 2 heterocycles. The Morgan fingerprint density at radius 3 is 3.00 bits per heavy atom. The molecular weight excluding hydrogens is 224 g/mol. The van der Waals surface area contributed by atoms with Crippen LogP contribution in [0.25, 0.3) is 0 Å². The topological polar surface area (TPSA) is 80.9 Å². The van der Waals surface area contributed by atoms with Crippen molar-refractivity contribution in [1.82, 2.24) is 15.3 Å². The van der Waals surface area contributed by atoms with Crippen molar-refractivity contribution in [2.75, 3.05) is 5.73 Å². The summed E-state index contributed by atoms with van der Waals surface area (Å²) in [5, 5.41) is 4.74. The molecule has 0 atom stereocenters. The average molecular weight is 234 g/mol. The Kier molecular flexibility index (Phi) is 3.11. The van der Waals surface area contributed by atoms with Crippen LogP contribution in [0.15, 0.2) is 29.8 Å². The van der Waals surface area contributed by atoms with Crippen molar-refractivity contribution in [3.63, 3.8) is 0 Å². The molecular formula is C10H10N4OS. The van der Waals surface area contributed by atoms with Crippen LogP contribution in [0.2, 0.25) is 0 Å². The summed E-state index contributed by atoms with van der Waals surface area (Å²) in [5.74, 6) is -0.237. The lowest BCUT2D eigenvalue weighted by Crippen LogP contribution is -2.23. The van der Waals surface area contributed by atoms with Gasteiger partial charge in [-0.25, -0.2) is 4.98 Å². The predicted octanol–water partition coefficient (Wildman–Crippen LogP) is 1.05. The number of nitrogens with two attached hydrogens (primary N) is 1. The Morgan fingerprint density at radius 1 is 1.50 bits per heavy atom. The van der Waals surface area contributed by atoms with Gasteiger partial charge >= 0.3 is 0 Å². The van der Waals surface area contributed by atoms with Gasteiger partial charge in [-0.3, -0.25) is 9.78 Å². The van der Waals surface area contributed by atoms with Crippen molar-refractivity contribution < 1.29 is 4.79 Å². The predicted molar refractivity (Wildman–Crippen MR) is 61.9 cm³/mol. The summed E-state index contributed by atoms with van der Waals surface area (Å²) in [4.78, 5) is 19.6. The fourth-order valence-electron chi connectivity index (χ4n) is 1.16. The van der Waals surface area contributed by atoms with Gasteiger partial charge < -0.3 is 11.1 Å². The van der Waals surface area contributed by atoms with Crippen molar-refractivity contribution in [2.45, 2.75) is 6.54 Å². The van der Waals surface area contributed by atoms with E-state index in [1.54, 1.807) is 11.6 Å². The molecule has 0 aliphatic heterocycles. The van der Waals surface area contributed by atoms with Crippen molar-refractivity contribution in [3.05, 3.63) is 41.2 Å². The number of aromatic nitrogens is 2. The van der Waals surface area contributed by atoms with Crippen molar-refractivity contribution in [3.8, 4) is 0 Å². The number of nitrogens with one attached hydrogen (secondary N) is 1. The third kappa shape index (κ3) is 2.54. The average Bonchev–Trinajstić information content (AvgIpc) is 2.74. The number of nitrogens with zero attached hydrogens (tertiary/aromatic N) is 2. The number of hydrogen-bond acceptors (Lipinski definition) is 5. The van der Waals surface area contributed by atoms with Gasteiger partial charge in [0.25, 0.3) is 5.91 Å². The molecule has 3 N–H and O–H groups in total. The summed E-state index contributed by atoms with van der Waals surface area (Å²) >= 11 is 1.24. The van der Waals surface area contributed by atoms with Gasteiger partial charge in [-0.1, -0.05) is 6.07 Å². The van der Waals surface area contributed by atoms with E-state index in [1.807, 2.05) is 18.2 Å². The Morgan fingerprint density at radius 2 is 2.38 bits per heavy atom. The summed E-state index contributed by atoms with van der Waals surface area (Å²) < 4.78 is 0. The second-order valence-corrected chi connectivity index (χ2v) is 3.96. The van der Waals surface area contributed by atoms with Gasteiger partial charge in [-0.05, 0) is 12.1 Å². The Hall–Kier alpha value is -1.95. The van der Waals surface area contributed by atoms with Gasteiger partial charge in [-0.2, -0.15) is 0 Å². The molecule has 0 saturated carbocycles. The first kappa shape index (κ1) is 10.6. The Labute approximate surface area is 96.3 Å². The first-order valence-corrected chi connectivity index (χ1v) is 5.53. The molecule has 2 rings (SSSR count). The first-order valence-electron chi connectivity index (χ1n) is 4.65. The molecule has 0 fully saturated rings. The molecule has 0 unspecified atom stereocenters. The molecule has 0 saturated heterocycles. The summed E-state index contributed by atoms with van der Waals surface area (Å²) in [6.45, 7) is 0.386. The second-order valence-electron chi connectivity index (χ2n) is 3.07. The number of hydrogen-bond donors (Lipinski definition) is 2. The van der Waals surface area contributed by atoms with Crippen molar-refractivity contribution >= 4 is 22.4 Å². The maximum Gasteiger partial charge on any atom is 0.271 e. The van der Waals surface area contributed by atoms with E-state index in [-0.39, 0.29) is 5.91 Å². The van der Waals surface area contributed by atoms with Crippen LogP contribution in [0.3, 0.4) is 0 Å². The summed E-state index contributed by atoms with van der Waals surface area (Å²) in [7, 11) is 0. The SMILES string of the molecule is Nc1nc(C(=O)NCc2ccccn2)cs1. The maximum absolute atomic E-state index is 11.6. The van der Waals surface area contributed by atoms with Gasteiger partial charge in [0.2, 0.25) is 0 Å². The van der Waals surface area contributed by atoms with E-state index in [1.165, 1.54) is 11.3 Å². The van der Waals surface area contributed by atoms with Crippen LogP contribution >= 0.6 is 11.3 Å². The fourth-order valence-corrected chi connectivity index (χ4v) is 1.70. The molecule has 0 aliphatic carbocycles. The normalized spacial score (nSPS) is 10.0. The highest BCUT2D eigenvalue weighted by Gasteiger charge is 2.08. The van der Waals surface area contributed by atoms with E-state index in [2.05, 4.69) is 15.3 Å². The van der Waals surface area contributed by atoms with Crippen LogP contribution in [0.4, 0.5) is 5.13 Å². The van der Waals surface area contributed by atoms with E-state index in [0.717, 1.165) is 5.69 Å². The lowest BCUT2D eigenvalue weighted by Gasteiger charge is -2.01. The van der Waals surface area contributed by atoms with Crippen LogP contribution in [-0.2, 0) is 6.54 Å². The van der Waals surface area contributed by atoms with Crippen LogP contribution in [-0.4, -0.2) is 15.9 Å². The number of nitrogen functional groups attached to an aromatic ring is 1. The highest BCUT2D eigenvalue weighted by Crippen LogP contribution is 2.10. The molecule has 0 aliphatic rings. The molecule has 2 aromatic rings. The number of anilines is 1. The molecule has 82 valence electrons. The van der Waals surface area contributed by atoms with Gasteiger partial charge in [0.1, 0.15) is 5.69 Å². The molecule has 1 amide bonds. The number of rotatable bonds is 3. The van der Waals surface area contributed by atoms with Crippen molar-refractivity contribution in [1.29, 1.82) is 0 Å². The summed E-state index contributed by atoms with van der Waals surface area (Å²) in [6, 6.07) is 5.54. The summed E-state index contributed by atoms with van der Waals surface area (Å²) in [6.07, 6.45) is 1.68. The molecule has 0 bridgehead atoms. The zero-order valence-electron chi connectivity index (χ0n) is 8.38. The van der Waals surface area contributed by atoms with Crippen LogP contribution in [0, 0.1) is 0 Å². The lowest BCUT2D eigenvalue weighted by molar-refractivity contribution is 0.0946. The van der Waals surface area contributed by atoms with Gasteiger partial charge in [0, 0.05) is 11.6 Å². The van der Waals surface area contributed by atoms with E-state index in [0.29, 0.717) is 17.4 Å². The number of amides is 1. The molecule has 0 radical (unpaired) electrons. The minimum atomic E-state index is -0.237. The molecule has 16 heavy (non-hydrogen) atoms. The molecule has 0 aromatic carbocycles. The molecule has 0 spiro atoms. The third-order valence-electron chi connectivity index (χ3n) is 1.91. The largest absolute Gasteiger partial charge is 0.375 e. The van der Waals surface area contributed by atoms with Gasteiger partial charge in [0.15, 0.2) is 5.13 Å². The van der Waals surface area contributed by atoms with E-state index >= 15 is 0 Å². The lowest BCUT2D eigenvalue weighted by atomic mass is 10.3. The quantitative estimate of drug-likeness (QED) is 0.831. The Bertz CT molecular complexity index is 483. The minimum absolute atomic E-state index is 0.237. The first-order chi connectivity index (χ1) is 7.75. The molecule has 6 heteroatoms. The number of carbonyl (C=O) groups is 1. The van der Waals surface area contributed by atoms with Crippen LogP contribution in [0.5, 0.6) is 0 Å². The zero-order chi connectivity index (χ0) is 11.4. The van der Waals surface area contributed by atoms with Gasteiger partial charge in [-0.15, -0.1) is 11.3 Å². The second kappa shape index (κ2) is 4.71. The number of carbonyl (C=O) groups excluding carboxylic acids is 1. The standard InChI is InChI=1S/C10H10N4OS/c11-10-14-8(6-16-10)9(15)13-5-7-3-1-2-4-12-7/h1-4,6H,5H2,(H2,11,14)(H,13,15). The van der Waals surface area contributed by atoms with Crippen LogP contribution in [0.1, 0.15) is 16.2 Å². The van der Waals surface area contributed by atoms with Crippen molar-refractivity contribution in [2.24, 2.45) is 0 Å². The van der Waals surface area contributed by atoms with E-state index in [4.69, 9.17) is 5.73 Å². The maximum atomic E-state index is 11.6. The number of pyridine rings is 1. The van der Waals surface area contributed by atoms with E-state index in [9.17, 15) is 4.79 Å². The summed E-state index contributed by atoms with van der Waals surface area (Å²) in [5.41, 5.74) is 6.59. The van der Waals surface area contributed by atoms with E-state index < -0.39 is 0 Å². The minimum Gasteiger partial charge on any atom is -0.375 e. The fraction of sp³-hybridized carbons (Fsp3) is 0.100. The Balaban J connectivity index is 1.94. The molecule has 2 aromatic heterocycles. The van der Waals surface area contributed by atoms with Crippen LogP contribution < -0.4 is 11.1 Å². The molecule has 5 nitrogen and oxygen atoms in total.